The lowest BCUT2D eigenvalue weighted by molar-refractivity contribution is 0.108. The van der Waals surface area contributed by atoms with Crippen molar-refractivity contribution in [1.29, 1.82) is 0 Å². The molecule has 0 saturated carbocycles. The molecule has 1 rings (SSSR count). The van der Waals surface area contributed by atoms with Gasteiger partial charge in [-0.3, -0.25) is 4.90 Å². The van der Waals surface area contributed by atoms with Crippen LogP contribution in [0.5, 0.6) is 0 Å². The number of likely N-dealkylation sites (N-methyl/N-ethyl adjacent to an activating group) is 3. The Morgan fingerprint density at radius 3 is 2.11 bits per heavy atom. The average molecular weight is 256 g/mol. The maximum atomic E-state index is 2.64. The van der Waals surface area contributed by atoms with E-state index in [1.807, 2.05) is 0 Å². The second kappa shape index (κ2) is 8.10. The highest BCUT2D eigenvalue weighted by molar-refractivity contribution is 4.75. The van der Waals surface area contributed by atoms with Gasteiger partial charge in [-0.1, -0.05) is 0 Å². The topological polar surface area (TPSA) is 13.0 Å². The van der Waals surface area contributed by atoms with E-state index in [1.165, 1.54) is 45.7 Å². The first kappa shape index (κ1) is 15.9. The van der Waals surface area contributed by atoms with E-state index >= 15 is 0 Å². The molecule has 0 aliphatic carbocycles. The first-order valence-corrected chi connectivity index (χ1v) is 7.25. The van der Waals surface area contributed by atoms with E-state index in [9.17, 15) is 0 Å². The van der Waals surface area contributed by atoms with Gasteiger partial charge in [0.15, 0.2) is 0 Å². The molecule has 1 aliphatic heterocycles. The third-order valence-corrected chi connectivity index (χ3v) is 4.02. The van der Waals surface area contributed by atoms with Gasteiger partial charge in [-0.05, 0) is 48.1 Å². The molecule has 1 fully saturated rings. The second-order valence-corrected chi connectivity index (χ2v) is 6.08. The van der Waals surface area contributed by atoms with Gasteiger partial charge in [0, 0.05) is 45.3 Å². The Labute approximate surface area is 114 Å². The summed E-state index contributed by atoms with van der Waals surface area (Å²) in [5.74, 6) is 0. The number of nitrogens with zero attached hydrogens (tertiary/aromatic N) is 4. The summed E-state index contributed by atoms with van der Waals surface area (Å²) in [6, 6.07) is 0.723. The molecule has 1 saturated heterocycles. The lowest BCUT2D eigenvalue weighted by Crippen LogP contribution is -2.48. The highest BCUT2D eigenvalue weighted by Crippen LogP contribution is 2.08. The van der Waals surface area contributed by atoms with Crippen molar-refractivity contribution in [3.8, 4) is 0 Å². The van der Waals surface area contributed by atoms with Crippen LogP contribution in [-0.2, 0) is 0 Å². The molecule has 4 heteroatoms. The van der Waals surface area contributed by atoms with Crippen molar-refractivity contribution >= 4 is 0 Å². The predicted molar refractivity (Wildman–Crippen MR) is 79.2 cm³/mol. The Morgan fingerprint density at radius 1 is 0.944 bits per heavy atom. The summed E-state index contributed by atoms with van der Waals surface area (Å²) in [4.78, 5) is 9.76. The lowest BCUT2D eigenvalue weighted by Gasteiger charge is -2.37. The summed E-state index contributed by atoms with van der Waals surface area (Å²) in [6.07, 6.45) is 1.29. The normalized spacial score (nSPS) is 20.8. The van der Waals surface area contributed by atoms with E-state index in [0.717, 1.165) is 12.6 Å². The van der Waals surface area contributed by atoms with Gasteiger partial charge in [-0.15, -0.1) is 0 Å². The molecule has 0 amide bonds. The zero-order valence-electron chi connectivity index (χ0n) is 13.0. The third-order valence-electron chi connectivity index (χ3n) is 4.02. The molecule has 108 valence electrons. The minimum atomic E-state index is 0.723. The van der Waals surface area contributed by atoms with Gasteiger partial charge in [-0.2, -0.15) is 0 Å². The molecule has 1 atom stereocenters. The quantitative estimate of drug-likeness (QED) is 0.658. The summed E-state index contributed by atoms with van der Waals surface area (Å²) < 4.78 is 0. The van der Waals surface area contributed by atoms with E-state index in [0.29, 0.717) is 0 Å². The Hall–Kier alpha value is -0.160. The zero-order chi connectivity index (χ0) is 13.5. The van der Waals surface area contributed by atoms with Gasteiger partial charge in [0.05, 0.1) is 0 Å². The molecule has 0 aromatic heterocycles. The summed E-state index contributed by atoms with van der Waals surface area (Å²) in [7, 11) is 8.73. The van der Waals surface area contributed by atoms with Crippen molar-refractivity contribution in [1.82, 2.24) is 19.6 Å². The molecule has 0 radical (unpaired) electrons. The van der Waals surface area contributed by atoms with Crippen LogP contribution >= 0.6 is 0 Å². The number of hydrogen-bond donors (Lipinski definition) is 0. The Morgan fingerprint density at radius 2 is 1.56 bits per heavy atom. The van der Waals surface area contributed by atoms with Crippen LogP contribution in [-0.4, -0.2) is 99.6 Å². The Kier molecular flexibility index (Phi) is 7.15. The van der Waals surface area contributed by atoms with Crippen molar-refractivity contribution in [3.63, 3.8) is 0 Å². The Balaban J connectivity index is 2.14. The molecule has 4 nitrogen and oxygen atoms in total. The lowest BCUT2D eigenvalue weighted by atomic mass is 10.1. The summed E-state index contributed by atoms with van der Waals surface area (Å²) in [5.41, 5.74) is 0. The minimum Gasteiger partial charge on any atom is -0.308 e. The van der Waals surface area contributed by atoms with Crippen LogP contribution < -0.4 is 0 Å². The summed E-state index contributed by atoms with van der Waals surface area (Å²) >= 11 is 0. The van der Waals surface area contributed by atoms with Crippen LogP contribution in [0.4, 0.5) is 0 Å². The van der Waals surface area contributed by atoms with Crippen LogP contribution in [0.2, 0.25) is 0 Å². The van der Waals surface area contributed by atoms with E-state index in [1.54, 1.807) is 0 Å². The second-order valence-electron chi connectivity index (χ2n) is 6.08. The maximum Gasteiger partial charge on any atom is 0.0113 e. The summed E-state index contributed by atoms with van der Waals surface area (Å²) in [5, 5.41) is 0. The van der Waals surface area contributed by atoms with Crippen molar-refractivity contribution in [2.75, 3.05) is 74.0 Å². The molecule has 0 N–H and O–H groups in total. The number of hydrogen-bond acceptors (Lipinski definition) is 4. The SMILES string of the molecule is CC(CCN(C)CCN(C)C)N1CCN(C)CC1. The highest BCUT2D eigenvalue weighted by Gasteiger charge is 2.18. The van der Waals surface area contributed by atoms with Crippen LogP contribution in [0, 0.1) is 0 Å². The van der Waals surface area contributed by atoms with Crippen LogP contribution in [0.15, 0.2) is 0 Å². The molecule has 0 spiro atoms. The van der Waals surface area contributed by atoms with Crippen molar-refractivity contribution in [3.05, 3.63) is 0 Å². The standard InChI is InChI=1S/C14H32N4/c1-14(18-12-10-17(5)11-13-18)6-7-16(4)9-8-15(2)3/h14H,6-13H2,1-5H3. The molecule has 18 heavy (non-hydrogen) atoms. The van der Waals surface area contributed by atoms with Crippen molar-refractivity contribution in [2.24, 2.45) is 0 Å². The first-order chi connectivity index (χ1) is 8.49. The van der Waals surface area contributed by atoms with Gasteiger partial charge < -0.3 is 14.7 Å². The Bertz CT molecular complexity index is 212. The van der Waals surface area contributed by atoms with Gasteiger partial charge in [0.2, 0.25) is 0 Å². The third kappa shape index (κ3) is 6.14. The molecule has 0 aromatic carbocycles. The zero-order valence-corrected chi connectivity index (χ0v) is 13.0. The van der Waals surface area contributed by atoms with Crippen LogP contribution in [0.25, 0.3) is 0 Å². The van der Waals surface area contributed by atoms with Gasteiger partial charge >= 0.3 is 0 Å². The largest absolute Gasteiger partial charge is 0.308 e. The smallest absolute Gasteiger partial charge is 0.0113 e. The minimum absolute atomic E-state index is 0.723. The fraction of sp³-hybridized carbons (Fsp3) is 1.00. The van der Waals surface area contributed by atoms with Crippen LogP contribution in [0.3, 0.4) is 0 Å². The molecule has 1 aliphatic rings. The van der Waals surface area contributed by atoms with E-state index in [2.05, 4.69) is 54.7 Å². The fourth-order valence-corrected chi connectivity index (χ4v) is 2.34. The monoisotopic (exact) mass is 256 g/mol. The summed E-state index contributed by atoms with van der Waals surface area (Å²) in [6.45, 7) is 10.8. The average Bonchev–Trinajstić information content (AvgIpc) is 2.34. The van der Waals surface area contributed by atoms with Crippen LogP contribution in [0.1, 0.15) is 13.3 Å². The molecular weight excluding hydrogens is 224 g/mol. The van der Waals surface area contributed by atoms with E-state index in [4.69, 9.17) is 0 Å². The number of piperazine rings is 1. The fourth-order valence-electron chi connectivity index (χ4n) is 2.34. The molecule has 0 bridgehead atoms. The molecule has 1 heterocycles. The van der Waals surface area contributed by atoms with Crippen molar-refractivity contribution < 1.29 is 0 Å². The first-order valence-electron chi connectivity index (χ1n) is 7.25. The van der Waals surface area contributed by atoms with Crippen molar-refractivity contribution in [2.45, 2.75) is 19.4 Å². The van der Waals surface area contributed by atoms with Gasteiger partial charge in [0.1, 0.15) is 0 Å². The molecule has 1 unspecified atom stereocenters. The number of rotatable bonds is 7. The van der Waals surface area contributed by atoms with E-state index in [-0.39, 0.29) is 0 Å². The molecule has 0 aromatic rings. The predicted octanol–water partition coefficient (Wildman–Crippen LogP) is 0.506. The van der Waals surface area contributed by atoms with E-state index < -0.39 is 0 Å². The highest BCUT2D eigenvalue weighted by atomic mass is 15.3. The van der Waals surface area contributed by atoms with Gasteiger partial charge in [-0.25, -0.2) is 0 Å². The van der Waals surface area contributed by atoms with Gasteiger partial charge in [0.25, 0.3) is 0 Å². The molecular formula is C14H32N4. The maximum absolute atomic E-state index is 2.64.